The number of nitrogens with one attached hydrogen (secondary N) is 1. The van der Waals surface area contributed by atoms with Gasteiger partial charge in [-0.3, -0.25) is 4.90 Å². The molecule has 1 aromatic rings. The van der Waals surface area contributed by atoms with Crippen LogP contribution in [0.2, 0.25) is 0 Å². The Bertz CT molecular complexity index is 391. The molecule has 106 valence electrons. The van der Waals surface area contributed by atoms with Gasteiger partial charge >= 0.3 is 0 Å². The van der Waals surface area contributed by atoms with Crippen molar-refractivity contribution in [2.75, 3.05) is 44.7 Å². The molecule has 1 heterocycles. The highest BCUT2D eigenvalue weighted by Crippen LogP contribution is 2.15. The lowest BCUT2D eigenvalue weighted by Gasteiger charge is -2.33. The first-order valence-corrected chi connectivity index (χ1v) is 7.08. The molecule has 1 saturated heterocycles. The lowest BCUT2D eigenvalue weighted by molar-refractivity contribution is 0.178. The largest absolute Gasteiger partial charge is 0.374 e. The molecule has 0 saturated carbocycles. The number of halogens is 1. The Hall–Kier alpha value is -1.13. The molecular formula is C15H24FN3. The van der Waals surface area contributed by atoms with Gasteiger partial charge in [0.1, 0.15) is 5.82 Å². The molecule has 0 aromatic heterocycles. The summed E-state index contributed by atoms with van der Waals surface area (Å²) in [6, 6.07) is 7.38. The van der Waals surface area contributed by atoms with Crippen LogP contribution in [0.4, 0.5) is 10.1 Å². The number of hydrogen-bond donors (Lipinski definition) is 1. The molecule has 1 atom stereocenters. The molecule has 1 unspecified atom stereocenters. The highest BCUT2D eigenvalue weighted by molar-refractivity contribution is 5.45. The van der Waals surface area contributed by atoms with Crippen molar-refractivity contribution in [1.29, 1.82) is 0 Å². The third kappa shape index (κ3) is 4.18. The molecule has 3 nitrogen and oxygen atoms in total. The van der Waals surface area contributed by atoms with Gasteiger partial charge < -0.3 is 10.2 Å². The van der Waals surface area contributed by atoms with E-state index in [2.05, 4.69) is 22.0 Å². The normalized spacial score (nSPS) is 18.3. The Balaban J connectivity index is 1.80. The maximum Gasteiger partial charge on any atom is 0.125 e. The van der Waals surface area contributed by atoms with Gasteiger partial charge in [-0.05, 0) is 31.5 Å². The molecule has 0 spiro atoms. The van der Waals surface area contributed by atoms with Crippen LogP contribution in [-0.2, 0) is 0 Å². The number of benzene rings is 1. The lowest BCUT2D eigenvalue weighted by atomic mass is 10.1. The SMILES string of the molecule is CC(CCN(C)c1cccc(F)c1)N1CCNCC1. The van der Waals surface area contributed by atoms with Crippen molar-refractivity contribution in [3.05, 3.63) is 30.1 Å². The predicted molar refractivity (Wildman–Crippen MR) is 78.2 cm³/mol. The van der Waals surface area contributed by atoms with E-state index < -0.39 is 0 Å². The molecule has 1 aliphatic rings. The number of piperazine rings is 1. The highest BCUT2D eigenvalue weighted by Gasteiger charge is 2.16. The van der Waals surface area contributed by atoms with Gasteiger partial charge in [0.25, 0.3) is 0 Å². The van der Waals surface area contributed by atoms with Crippen molar-refractivity contribution in [2.45, 2.75) is 19.4 Å². The molecule has 0 bridgehead atoms. The van der Waals surface area contributed by atoms with Crippen LogP contribution in [0.3, 0.4) is 0 Å². The summed E-state index contributed by atoms with van der Waals surface area (Å²) in [4.78, 5) is 4.65. The van der Waals surface area contributed by atoms with Gasteiger partial charge in [-0.1, -0.05) is 6.07 Å². The summed E-state index contributed by atoms with van der Waals surface area (Å²) in [5.74, 6) is -0.167. The number of anilines is 1. The van der Waals surface area contributed by atoms with E-state index in [0.29, 0.717) is 6.04 Å². The van der Waals surface area contributed by atoms with E-state index in [0.717, 1.165) is 44.8 Å². The molecule has 0 amide bonds. The molecule has 2 rings (SSSR count). The quantitative estimate of drug-likeness (QED) is 0.878. The Morgan fingerprint density at radius 2 is 2.11 bits per heavy atom. The van der Waals surface area contributed by atoms with E-state index in [9.17, 15) is 4.39 Å². The lowest BCUT2D eigenvalue weighted by Crippen LogP contribution is -2.48. The summed E-state index contributed by atoms with van der Waals surface area (Å²) < 4.78 is 13.2. The van der Waals surface area contributed by atoms with Crippen molar-refractivity contribution in [1.82, 2.24) is 10.2 Å². The van der Waals surface area contributed by atoms with Gasteiger partial charge in [-0.15, -0.1) is 0 Å². The highest BCUT2D eigenvalue weighted by atomic mass is 19.1. The van der Waals surface area contributed by atoms with E-state index in [-0.39, 0.29) is 5.82 Å². The maximum absolute atomic E-state index is 13.2. The fourth-order valence-electron chi connectivity index (χ4n) is 2.53. The number of nitrogens with zero attached hydrogens (tertiary/aromatic N) is 2. The molecular weight excluding hydrogens is 241 g/mol. The van der Waals surface area contributed by atoms with Crippen LogP contribution in [-0.4, -0.2) is 50.7 Å². The summed E-state index contributed by atoms with van der Waals surface area (Å²) in [5.41, 5.74) is 0.951. The first-order valence-electron chi connectivity index (χ1n) is 7.08. The summed E-state index contributed by atoms with van der Waals surface area (Å²) in [6.07, 6.45) is 1.10. The van der Waals surface area contributed by atoms with Crippen molar-refractivity contribution >= 4 is 5.69 Å². The Kier molecular flexibility index (Phi) is 5.16. The minimum Gasteiger partial charge on any atom is -0.374 e. The zero-order valence-corrected chi connectivity index (χ0v) is 11.9. The Morgan fingerprint density at radius 1 is 1.37 bits per heavy atom. The van der Waals surface area contributed by atoms with Gasteiger partial charge in [0.15, 0.2) is 0 Å². The summed E-state index contributed by atoms with van der Waals surface area (Å²) in [7, 11) is 2.03. The molecule has 19 heavy (non-hydrogen) atoms. The minimum atomic E-state index is -0.167. The van der Waals surface area contributed by atoms with E-state index in [4.69, 9.17) is 0 Å². The molecule has 1 N–H and O–H groups in total. The third-order valence-corrected chi connectivity index (χ3v) is 3.91. The molecule has 1 fully saturated rings. The standard InChI is InChI=1S/C15H24FN3/c1-13(19-10-7-17-8-11-19)6-9-18(2)15-5-3-4-14(16)12-15/h3-5,12-13,17H,6-11H2,1-2H3. The second-order valence-electron chi connectivity index (χ2n) is 5.33. The van der Waals surface area contributed by atoms with Gasteiger partial charge in [0.05, 0.1) is 0 Å². The molecule has 1 aliphatic heterocycles. The van der Waals surface area contributed by atoms with Crippen LogP contribution < -0.4 is 10.2 Å². The number of hydrogen-bond acceptors (Lipinski definition) is 3. The second kappa shape index (κ2) is 6.87. The predicted octanol–water partition coefficient (Wildman–Crippen LogP) is 1.95. The fraction of sp³-hybridized carbons (Fsp3) is 0.600. The average molecular weight is 265 g/mol. The molecule has 0 radical (unpaired) electrons. The van der Waals surface area contributed by atoms with Crippen molar-refractivity contribution in [2.24, 2.45) is 0 Å². The van der Waals surface area contributed by atoms with Gasteiger partial charge in [-0.2, -0.15) is 0 Å². The van der Waals surface area contributed by atoms with Crippen LogP contribution in [0.25, 0.3) is 0 Å². The minimum absolute atomic E-state index is 0.167. The summed E-state index contributed by atoms with van der Waals surface area (Å²) in [6.45, 7) is 7.67. The van der Waals surface area contributed by atoms with Crippen LogP contribution >= 0.6 is 0 Å². The zero-order valence-electron chi connectivity index (χ0n) is 11.9. The zero-order chi connectivity index (χ0) is 13.7. The van der Waals surface area contributed by atoms with Gasteiger partial charge in [0.2, 0.25) is 0 Å². The average Bonchev–Trinajstić information content (AvgIpc) is 2.45. The van der Waals surface area contributed by atoms with E-state index in [1.807, 2.05) is 13.1 Å². The van der Waals surface area contributed by atoms with E-state index in [1.165, 1.54) is 6.07 Å². The first kappa shape index (κ1) is 14.3. The number of rotatable bonds is 5. The smallest absolute Gasteiger partial charge is 0.125 e. The van der Waals surface area contributed by atoms with Crippen LogP contribution in [0.15, 0.2) is 24.3 Å². The Labute approximate surface area is 115 Å². The van der Waals surface area contributed by atoms with Gasteiger partial charge in [-0.25, -0.2) is 4.39 Å². The first-order chi connectivity index (χ1) is 9.16. The van der Waals surface area contributed by atoms with Gasteiger partial charge in [0, 0.05) is 51.5 Å². The molecule has 0 aliphatic carbocycles. The van der Waals surface area contributed by atoms with E-state index >= 15 is 0 Å². The van der Waals surface area contributed by atoms with Crippen LogP contribution in [0.1, 0.15) is 13.3 Å². The molecule has 4 heteroatoms. The van der Waals surface area contributed by atoms with Crippen LogP contribution in [0.5, 0.6) is 0 Å². The maximum atomic E-state index is 13.2. The monoisotopic (exact) mass is 265 g/mol. The van der Waals surface area contributed by atoms with Crippen LogP contribution in [0, 0.1) is 5.82 Å². The topological polar surface area (TPSA) is 18.5 Å². The van der Waals surface area contributed by atoms with Crippen molar-refractivity contribution < 1.29 is 4.39 Å². The fourth-order valence-corrected chi connectivity index (χ4v) is 2.53. The van der Waals surface area contributed by atoms with Crippen molar-refractivity contribution in [3.8, 4) is 0 Å². The van der Waals surface area contributed by atoms with Crippen molar-refractivity contribution in [3.63, 3.8) is 0 Å². The molecule has 1 aromatic carbocycles. The van der Waals surface area contributed by atoms with E-state index in [1.54, 1.807) is 12.1 Å². The Morgan fingerprint density at radius 3 is 2.79 bits per heavy atom. The summed E-state index contributed by atoms with van der Waals surface area (Å²) in [5, 5.41) is 3.37. The summed E-state index contributed by atoms with van der Waals surface area (Å²) >= 11 is 0. The third-order valence-electron chi connectivity index (χ3n) is 3.91. The second-order valence-corrected chi connectivity index (χ2v) is 5.33.